The fourth-order valence-electron chi connectivity index (χ4n) is 5.14. The van der Waals surface area contributed by atoms with Crippen molar-refractivity contribution in [3.63, 3.8) is 0 Å². The predicted molar refractivity (Wildman–Crippen MR) is 162 cm³/mol. The molecule has 39 heavy (non-hydrogen) atoms. The Morgan fingerprint density at radius 2 is 1.46 bits per heavy atom. The van der Waals surface area contributed by atoms with E-state index in [2.05, 4.69) is 4.90 Å². The first-order valence-electron chi connectivity index (χ1n) is 16.7. The number of benzene rings is 4. The molecule has 1 N–H and O–H groups in total. The van der Waals surface area contributed by atoms with Crippen molar-refractivity contribution in [2.75, 3.05) is 16.5 Å². The minimum atomic E-state index is -2.82. The molecule has 6 rings (SSSR count). The van der Waals surface area contributed by atoms with Gasteiger partial charge < -0.3 is 14.9 Å². The molecule has 5 heteroatoms. The summed E-state index contributed by atoms with van der Waals surface area (Å²) in [4.78, 5) is 9.11. The minimum Gasteiger partial charge on any atom is -0.507 e. The zero-order valence-corrected chi connectivity index (χ0v) is 21.8. The number of para-hydroxylation sites is 4. The number of rotatable bonds is 6. The van der Waals surface area contributed by atoms with Crippen LogP contribution in [0.25, 0.3) is 28.1 Å². The van der Waals surface area contributed by atoms with Crippen LogP contribution in [-0.4, -0.2) is 21.3 Å². The fourth-order valence-corrected chi connectivity index (χ4v) is 5.14. The lowest BCUT2D eigenvalue weighted by Gasteiger charge is -2.23. The average Bonchev–Trinajstić information content (AvgIpc) is 3.66. The van der Waals surface area contributed by atoms with Crippen molar-refractivity contribution < 1.29 is 16.1 Å². The SMILES string of the molecule is [2H]C([2H])([2H])C([2H])(C)c1cccc(C([2H])(C)C([2H])([2H])[2H])c1-n1c(-c2ccccc2O)nc2c(N3C=CN(c4ccccc4)C3)cccc21. The molecule has 1 aliphatic rings. The average molecular weight is 523 g/mol. The number of aromatic nitrogens is 2. The van der Waals surface area contributed by atoms with Gasteiger partial charge in [0.25, 0.3) is 0 Å². The Balaban J connectivity index is 1.69. The molecule has 0 bridgehead atoms. The van der Waals surface area contributed by atoms with E-state index >= 15 is 0 Å². The van der Waals surface area contributed by atoms with Gasteiger partial charge in [-0.2, -0.15) is 0 Å². The fraction of sp³-hybridized carbons (Fsp3) is 0.206. The molecule has 2 heterocycles. The van der Waals surface area contributed by atoms with Crippen LogP contribution in [-0.2, 0) is 0 Å². The van der Waals surface area contributed by atoms with Crippen LogP contribution in [0.5, 0.6) is 5.75 Å². The van der Waals surface area contributed by atoms with E-state index in [9.17, 15) is 5.11 Å². The maximum absolute atomic E-state index is 11.1. The second-order valence-corrected chi connectivity index (χ2v) is 9.60. The lowest BCUT2D eigenvalue weighted by atomic mass is 9.92. The number of anilines is 2. The van der Waals surface area contributed by atoms with Crippen molar-refractivity contribution in [2.24, 2.45) is 0 Å². The van der Waals surface area contributed by atoms with Crippen molar-refractivity contribution in [3.05, 3.63) is 115 Å². The van der Waals surface area contributed by atoms with Crippen LogP contribution in [0.15, 0.2) is 103 Å². The van der Waals surface area contributed by atoms with Gasteiger partial charge in [0.05, 0.1) is 29.1 Å². The highest BCUT2D eigenvalue weighted by Gasteiger charge is 2.26. The summed E-state index contributed by atoms with van der Waals surface area (Å²) in [7, 11) is 0. The Labute approximate surface area is 241 Å². The smallest absolute Gasteiger partial charge is 0.149 e. The van der Waals surface area contributed by atoms with Crippen molar-refractivity contribution >= 4 is 22.4 Å². The summed E-state index contributed by atoms with van der Waals surface area (Å²) in [5.74, 6) is -4.34. The number of hydrogen-bond acceptors (Lipinski definition) is 4. The second kappa shape index (κ2) is 9.99. The van der Waals surface area contributed by atoms with Gasteiger partial charge in [0.2, 0.25) is 0 Å². The summed E-state index contributed by atoms with van der Waals surface area (Å²) in [5.41, 5.74) is 3.02. The molecule has 0 amide bonds. The molecule has 196 valence electrons. The molecule has 1 aliphatic heterocycles. The lowest BCUT2D eigenvalue weighted by molar-refractivity contribution is 0.477. The highest BCUT2D eigenvalue weighted by atomic mass is 16.3. The highest BCUT2D eigenvalue weighted by Crippen LogP contribution is 2.41. The van der Waals surface area contributed by atoms with Crippen LogP contribution >= 0.6 is 0 Å². The Morgan fingerprint density at radius 1 is 0.795 bits per heavy atom. The summed E-state index contributed by atoms with van der Waals surface area (Å²) >= 11 is 0. The van der Waals surface area contributed by atoms with E-state index in [1.165, 1.54) is 38.1 Å². The minimum absolute atomic E-state index is 0.00424. The molecule has 5 aromatic rings. The van der Waals surface area contributed by atoms with Crippen molar-refractivity contribution in [2.45, 2.75) is 39.3 Å². The van der Waals surface area contributed by atoms with Crippen molar-refractivity contribution in [1.29, 1.82) is 0 Å². The molecule has 2 unspecified atom stereocenters. The Hall–Kier alpha value is -4.51. The highest BCUT2D eigenvalue weighted by molar-refractivity contribution is 5.95. The number of aromatic hydroxyl groups is 1. The Bertz CT molecular complexity index is 1940. The van der Waals surface area contributed by atoms with E-state index in [0.29, 0.717) is 29.0 Å². The topological polar surface area (TPSA) is 44.5 Å². The van der Waals surface area contributed by atoms with Crippen LogP contribution in [0.3, 0.4) is 0 Å². The number of nitrogens with zero attached hydrogens (tertiary/aromatic N) is 4. The summed E-state index contributed by atoms with van der Waals surface area (Å²) in [6.45, 7) is -2.65. The summed E-state index contributed by atoms with van der Waals surface area (Å²) in [6.07, 6.45) is 3.87. The number of phenolic OH excluding ortho intramolecular Hbond substituents is 1. The predicted octanol–water partition coefficient (Wildman–Crippen LogP) is 8.40. The van der Waals surface area contributed by atoms with Gasteiger partial charge in [0.1, 0.15) is 17.1 Å². The van der Waals surface area contributed by atoms with E-state index in [0.717, 1.165) is 5.69 Å². The Kier molecular flexibility index (Phi) is 4.39. The number of hydrogen-bond donors (Lipinski definition) is 1. The third-order valence-corrected chi connectivity index (χ3v) is 7.00. The van der Waals surface area contributed by atoms with E-state index in [4.69, 9.17) is 16.0 Å². The van der Waals surface area contributed by atoms with Gasteiger partial charge in [0.15, 0.2) is 0 Å². The number of imidazole rings is 1. The molecule has 4 aromatic carbocycles. The third-order valence-electron chi connectivity index (χ3n) is 7.00. The summed E-state index contributed by atoms with van der Waals surface area (Å²) in [6, 6.07) is 26.4. The van der Waals surface area contributed by atoms with Crippen molar-refractivity contribution in [1.82, 2.24) is 9.55 Å². The first kappa shape index (κ1) is 17.2. The van der Waals surface area contributed by atoms with E-state index < -0.39 is 25.5 Å². The van der Waals surface area contributed by atoms with Crippen LogP contribution in [0.1, 0.15) is 61.4 Å². The van der Waals surface area contributed by atoms with Gasteiger partial charge in [-0.15, -0.1) is 0 Å². The first-order valence-corrected chi connectivity index (χ1v) is 12.7. The third kappa shape index (κ3) is 4.34. The van der Waals surface area contributed by atoms with Gasteiger partial charge in [-0.05, 0) is 59.3 Å². The molecule has 0 aliphatic carbocycles. The quantitative estimate of drug-likeness (QED) is 0.243. The Morgan fingerprint density at radius 3 is 2.18 bits per heavy atom. The molecular formula is C34H34N4O. The maximum atomic E-state index is 11.1. The summed E-state index contributed by atoms with van der Waals surface area (Å²) in [5, 5.41) is 11.1. The van der Waals surface area contributed by atoms with Gasteiger partial charge in [-0.3, -0.25) is 4.57 Å². The zero-order chi connectivity index (χ0) is 33.9. The lowest BCUT2D eigenvalue weighted by Crippen LogP contribution is -2.24. The van der Waals surface area contributed by atoms with Crippen LogP contribution in [0.4, 0.5) is 11.4 Å². The molecule has 0 saturated heterocycles. The number of phenols is 1. The second-order valence-electron chi connectivity index (χ2n) is 9.60. The van der Waals surface area contributed by atoms with E-state index in [1.54, 1.807) is 28.8 Å². The van der Waals surface area contributed by atoms with Gasteiger partial charge in [-0.25, -0.2) is 4.98 Å². The first-order chi connectivity index (χ1) is 22.0. The molecule has 0 spiro atoms. The standard InChI is InChI=1S/C34H34N4O/c1-23(2)26-15-10-16-27(24(3)4)33(26)38-30-18-11-17-29(32(30)35-34(38)28-14-8-9-19-31(28)39)37-21-20-36(22-37)25-12-6-5-7-13-25/h5-21,23-24,39H,22H2,1-4H3/i1D3,3D3,23D,24D. The van der Waals surface area contributed by atoms with Crippen LogP contribution in [0.2, 0.25) is 0 Å². The van der Waals surface area contributed by atoms with Crippen LogP contribution in [0, 0.1) is 0 Å². The summed E-state index contributed by atoms with van der Waals surface area (Å²) < 4.78 is 69.7. The number of fused-ring (bicyclic) bond motifs is 1. The van der Waals surface area contributed by atoms with Gasteiger partial charge >= 0.3 is 0 Å². The molecule has 0 saturated carbocycles. The maximum Gasteiger partial charge on any atom is 0.149 e. The van der Waals surface area contributed by atoms with Crippen LogP contribution < -0.4 is 9.80 Å². The largest absolute Gasteiger partial charge is 0.507 e. The molecular weight excluding hydrogens is 480 g/mol. The van der Waals surface area contributed by atoms with Gasteiger partial charge in [-0.1, -0.05) is 82.1 Å². The zero-order valence-electron chi connectivity index (χ0n) is 29.8. The molecule has 2 atom stereocenters. The monoisotopic (exact) mass is 522 g/mol. The van der Waals surface area contributed by atoms with Crippen molar-refractivity contribution in [3.8, 4) is 22.8 Å². The molecule has 0 fully saturated rings. The molecule has 1 aromatic heterocycles. The van der Waals surface area contributed by atoms with E-state index in [-0.39, 0.29) is 28.4 Å². The normalized spacial score (nSPS) is 20.1. The van der Waals surface area contributed by atoms with E-state index in [1.807, 2.05) is 59.8 Å². The molecule has 5 nitrogen and oxygen atoms in total. The van der Waals surface area contributed by atoms with Gasteiger partial charge in [0, 0.05) is 29.1 Å². The molecule has 0 radical (unpaired) electrons.